The Morgan fingerprint density at radius 2 is 2.15 bits per heavy atom. The van der Waals surface area contributed by atoms with Gasteiger partial charge in [0.1, 0.15) is 5.75 Å². The van der Waals surface area contributed by atoms with Crippen molar-refractivity contribution in [3.8, 4) is 5.75 Å². The lowest BCUT2D eigenvalue weighted by Gasteiger charge is -2.26. The third-order valence-electron chi connectivity index (χ3n) is 4.02. The van der Waals surface area contributed by atoms with Crippen LogP contribution in [-0.4, -0.2) is 32.8 Å². The van der Waals surface area contributed by atoms with Crippen LogP contribution in [0.15, 0.2) is 18.2 Å². The summed E-state index contributed by atoms with van der Waals surface area (Å²) in [7, 11) is 0. The Labute approximate surface area is 123 Å². The molecule has 0 saturated carbocycles. The third kappa shape index (κ3) is 4.14. The lowest BCUT2D eigenvalue weighted by molar-refractivity contribution is 0.257. The predicted molar refractivity (Wildman–Crippen MR) is 85.8 cm³/mol. The van der Waals surface area contributed by atoms with E-state index in [0.717, 1.165) is 45.0 Å². The van der Waals surface area contributed by atoms with E-state index in [1.165, 1.54) is 17.7 Å². The fraction of sp³-hybridized carbons (Fsp3) is 0.647. The van der Waals surface area contributed by atoms with Crippen LogP contribution in [0.4, 0.5) is 5.69 Å². The molecule has 112 valence electrons. The van der Waals surface area contributed by atoms with Crippen LogP contribution in [-0.2, 0) is 0 Å². The van der Waals surface area contributed by atoms with Crippen LogP contribution in [0.5, 0.6) is 5.75 Å². The second kappa shape index (κ2) is 7.53. The third-order valence-corrected chi connectivity index (χ3v) is 4.02. The maximum atomic E-state index is 6.08. The zero-order chi connectivity index (χ0) is 14.4. The standard InChI is InChI=1S/C17H28N2O/c1-4-14(2)13-20-17-7-6-15(3)12-16(17)19-10-5-8-18-9-11-19/h6-7,12,14,18H,4-5,8-11,13H2,1-3H3. The largest absolute Gasteiger partial charge is 0.491 e. The molecule has 3 nitrogen and oxygen atoms in total. The average Bonchev–Trinajstić information content (AvgIpc) is 2.74. The molecule has 1 unspecified atom stereocenters. The maximum absolute atomic E-state index is 6.08. The monoisotopic (exact) mass is 276 g/mol. The Bertz CT molecular complexity index is 411. The van der Waals surface area contributed by atoms with Crippen LogP contribution in [0.25, 0.3) is 0 Å². The summed E-state index contributed by atoms with van der Waals surface area (Å²) in [6, 6.07) is 6.54. The lowest BCUT2D eigenvalue weighted by atomic mass is 10.1. The second-order valence-electron chi connectivity index (χ2n) is 5.89. The van der Waals surface area contributed by atoms with Crippen molar-refractivity contribution in [2.45, 2.75) is 33.6 Å². The molecule has 0 amide bonds. The Morgan fingerprint density at radius 3 is 2.95 bits per heavy atom. The molecule has 0 aliphatic carbocycles. The topological polar surface area (TPSA) is 24.5 Å². The Balaban J connectivity index is 2.13. The zero-order valence-corrected chi connectivity index (χ0v) is 13.1. The van der Waals surface area contributed by atoms with E-state index in [0.29, 0.717) is 5.92 Å². The number of benzene rings is 1. The molecule has 1 aromatic rings. The van der Waals surface area contributed by atoms with Gasteiger partial charge in [0, 0.05) is 19.6 Å². The van der Waals surface area contributed by atoms with E-state index in [9.17, 15) is 0 Å². The molecule has 1 N–H and O–H groups in total. The minimum absolute atomic E-state index is 0.606. The molecular formula is C17H28N2O. The van der Waals surface area contributed by atoms with Gasteiger partial charge in [0.25, 0.3) is 0 Å². The van der Waals surface area contributed by atoms with Crippen molar-refractivity contribution < 1.29 is 4.74 Å². The molecule has 2 rings (SSSR count). The number of hydrogen-bond acceptors (Lipinski definition) is 3. The van der Waals surface area contributed by atoms with Crippen LogP contribution < -0.4 is 15.0 Å². The van der Waals surface area contributed by atoms with Crippen LogP contribution in [0, 0.1) is 12.8 Å². The number of aryl methyl sites for hydroxylation is 1. The summed E-state index contributed by atoms with van der Waals surface area (Å²) < 4.78 is 6.08. The average molecular weight is 276 g/mol. The quantitative estimate of drug-likeness (QED) is 0.893. The number of anilines is 1. The first kappa shape index (κ1) is 15.2. The van der Waals surface area contributed by atoms with E-state index in [2.05, 4.69) is 49.2 Å². The molecule has 0 aromatic heterocycles. The number of nitrogens with zero attached hydrogens (tertiary/aromatic N) is 1. The SMILES string of the molecule is CCC(C)COc1ccc(C)cc1N1CCCNCC1. The number of nitrogens with one attached hydrogen (secondary N) is 1. The summed E-state index contributed by atoms with van der Waals surface area (Å²) in [5.41, 5.74) is 2.56. The number of rotatable bonds is 5. The zero-order valence-electron chi connectivity index (χ0n) is 13.1. The molecule has 1 fully saturated rings. The van der Waals surface area contributed by atoms with Gasteiger partial charge < -0.3 is 15.0 Å². The van der Waals surface area contributed by atoms with Crippen molar-refractivity contribution in [2.75, 3.05) is 37.7 Å². The van der Waals surface area contributed by atoms with Gasteiger partial charge in [0.2, 0.25) is 0 Å². The van der Waals surface area contributed by atoms with Gasteiger partial charge in [-0.2, -0.15) is 0 Å². The highest BCUT2D eigenvalue weighted by Gasteiger charge is 2.15. The summed E-state index contributed by atoms with van der Waals surface area (Å²) in [6.45, 7) is 11.7. The van der Waals surface area contributed by atoms with Crippen LogP contribution in [0.2, 0.25) is 0 Å². The molecule has 1 atom stereocenters. The molecule has 1 heterocycles. The van der Waals surface area contributed by atoms with Crippen molar-refractivity contribution >= 4 is 5.69 Å². The predicted octanol–water partition coefficient (Wildman–Crippen LogP) is 3.22. The summed E-state index contributed by atoms with van der Waals surface area (Å²) in [6.07, 6.45) is 2.35. The van der Waals surface area contributed by atoms with Crippen molar-refractivity contribution in [3.05, 3.63) is 23.8 Å². The Hall–Kier alpha value is -1.22. The van der Waals surface area contributed by atoms with E-state index < -0.39 is 0 Å². The van der Waals surface area contributed by atoms with Gasteiger partial charge in [-0.05, 0) is 43.5 Å². The van der Waals surface area contributed by atoms with Gasteiger partial charge in [0.05, 0.1) is 12.3 Å². The van der Waals surface area contributed by atoms with Crippen molar-refractivity contribution in [1.82, 2.24) is 5.32 Å². The first-order valence-corrected chi connectivity index (χ1v) is 7.89. The highest BCUT2D eigenvalue weighted by molar-refractivity contribution is 5.60. The summed E-state index contributed by atoms with van der Waals surface area (Å²) in [4.78, 5) is 2.46. The molecular weight excluding hydrogens is 248 g/mol. The van der Waals surface area contributed by atoms with Gasteiger partial charge >= 0.3 is 0 Å². The second-order valence-corrected chi connectivity index (χ2v) is 5.89. The summed E-state index contributed by atoms with van der Waals surface area (Å²) >= 11 is 0. The minimum atomic E-state index is 0.606. The van der Waals surface area contributed by atoms with E-state index in [1.807, 2.05) is 0 Å². The molecule has 20 heavy (non-hydrogen) atoms. The molecule has 1 saturated heterocycles. The van der Waals surface area contributed by atoms with Gasteiger partial charge in [-0.1, -0.05) is 26.3 Å². The smallest absolute Gasteiger partial charge is 0.142 e. The van der Waals surface area contributed by atoms with Gasteiger partial charge in [-0.3, -0.25) is 0 Å². The molecule has 1 aromatic carbocycles. The van der Waals surface area contributed by atoms with Gasteiger partial charge in [-0.25, -0.2) is 0 Å². The number of hydrogen-bond donors (Lipinski definition) is 1. The minimum Gasteiger partial charge on any atom is -0.491 e. The van der Waals surface area contributed by atoms with E-state index in [-0.39, 0.29) is 0 Å². The van der Waals surface area contributed by atoms with Gasteiger partial charge in [0.15, 0.2) is 0 Å². The molecule has 1 aliphatic rings. The Kier molecular flexibility index (Phi) is 5.72. The fourth-order valence-electron chi connectivity index (χ4n) is 2.43. The highest BCUT2D eigenvalue weighted by atomic mass is 16.5. The normalized spacial score (nSPS) is 17.6. The summed E-state index contributed by atoms with van der Waals surface area (Å²) in [5, 5.41) is 3.46. The first-order valence-electron chi connectivity index (χ1n) is 7.89. The molecule has 3 heteroatoms. The highest BCUT2D eigenvalue weighted by Crippen LogP contribution is 2.30. The van der Waals surface area contributed by atoms with Crippen molar-refractivity contribution in [3.63, 3.8) is 0 Å². The molecule has 0 radical (unpaired) electrons. The van der Waals surface area contributed by atoms with Crippen molar-refractivity contribution in [2.24, 2.45) is 5.92 Å². The number of ether oxygens (including phenoxy) is 1. The van der Waals surface area contributed by atoms with E-state index in [4.69, 9.17) is 4.74 Å². The van der Waals surface area contributed by atoms with Crippen molar-refractivity contribution in [1.29, 1.82) is 0 Å². The van der Waals surface area contributed by atoms with Crippen LogP contribution in [0.1, 0.15) is 32.3 Å². The van der Waals surface area contributed by atoms with E-state index >= 15 is 0 Å². The fourth-order valence-corrected chi connectivity index (χ4v) is 2.43. The maximum Gasteiger partial charge on any atom is 0.142 e. The van der Waals surface area contributed by atoms with Gasteiger partial charge in [-0.15, -0.1) is 0 Å². The molecule has 0 bridgehead atoms. The van der Waals surface area contributed by atoms with Crippen LogP contribution >= 0.6 is 0 Å². The molecule has 1 aliphatic heterocycles. The van der Waals surface area contributed by atoms with Crippen LogP contribution in [0.3, 0.4) is 0 Å². The summed E-state index contributed by atoms with van der Waals surface area (Å²) in [5.74, 6) is 1.65. The van der Waals surface area contributed by atoms with E-state index in [1.54, 1.807) is 0 Å². The lowest BCUT2D eigenvalue weighted by Crippen LogP contribution is -2.28. The Morgan fingerprint density at radius 1 is 1.30 bits per heavy atom. The molecule has 0 spiro atoms. The first-order chi connectivity index (χ1) is 9.70.